The molecule has 0 aliphatic rings. The van der Waals surface area contributed by atoms with Gasteiger partial charge in [0.2, 0.25) is 5.91 Å². The molecule has 0 aliphatic carbocycles. The second-order valence-electron chi connectivity index (χ2n) is 8.89. The van der Waals surface area contributed by atoms with E-state index in [9.17, 15) is 14.0 Å². The van der Waals surface area contributed by atoms with Gasteiger partial charge in [-0.2, -0.15) is 5.10 Å². The zero-order chi connectivity index (χ0) is 27.9. The number of amides is 1. The predicted molar refractivity (Wildman–Crippen MR) is 144 cm³/mol. The Kier molecular flexibility index (Phi) is 8.60. The Morgan fingerprint density at radius 1 is 0.974 bits per heavy atom. The molecule has 0 aliphatic heterocycles. The van der Waals surface area contributed by atoms with E-state index in [0.717, 1.165) is 11.3 Å². The van der Waals surface area contributed by atoms with Crippen LogP contribution in [-0.4, -0.2) is 43.0 Å². The quantitative estimate of drug-likeness (QED) is 0.291. The lowest BCUT2D eigenvalue weighted by atomic mass is 10.0. The van der Waals surface area contributed by atoms with E-state index in [1.165, 1.54) is 19.2 Å². The van der Waals surface area contributed by atoms with E-state index in [1.54, 1.807) is 49.2 Å². The second-order valence-corrected chi connectivity index (χ2v) is 8.89. The van der Waals surface area contributed by atoms with Crippen LogP contribution < -0.4 is 14.8 Å². The van der Waals surface area contributed by atoms with Gasteiger partial charge in [-0.3, -0.25) is 4.79 Å². The van der Waals surface area contributed by atoms with Gasteiger partial charge in [-0.05, 0) is 72.6 Å². The summed E-state index contributed by atoms with van der Waals surface area (Å²) in [4.78, 5) is 25.4. The van der Waals surface area contributed by atoms with Crippen LogP contribution in [0.15, 0.2) is 72.8 Å². The Morgan fingerprint density at radius 2 is 1.74 bits per heavy atom. The van der Waals surface area contributed by atoms with Crippen molar-refractivity contribution < 1.29 is 28.2 Å². The first-order chi connectivity index (χ1) is 18.8. The van der Waals surface area contributed by atoms with Crippen molar-refractivity contribution in [2.24, 2.45) is 0 Å². The van der Waals surface area contributed by atoms with Gasteiger partial charge in [-0.15, -0.1) is 0 Å². The summed E-state index contributed by atoms with van der Waals surface area (Å²) in [5, 5.41) is 7.47. The van der Waals surface area contributed by atoms with Crippen molar-refractivity contribution in [1.29, 1.82) is 0 Å². The zero-order valence-corrected chi connectivity index (χ0v) is 22.2. The number of rotatable bonds is 10. The van der Waals surface area contributed by atoms with E-state index in [0.29, 0.717) is 40.4 Å². The molecule has 1 heterocycles. The number of nitrogens with zero attached hydrogens (tertiary/aromatic N) is 2. The summed E-state index contributed by atoms with van der Waals surface area (Å²) in [5.74, 6) is 0.0892. The van der Waals surface area contributed by atoms with E-state index in [1.807, 2.05) is 37.3 Å². The van der Waals surface area contributed by atoms with E-state index >= 15 is 0 Å². The summed E-state index contributed by atoms with van der Waals surface area (Å²) in [7, 11) is 4.43. The fraction of sp³-hybridized carbons (Fsp3) is 0.233. The largest absolute Gasteiger partial charge is 0.497 e. The molecule has 3 aromatic carbocycles. The minimum absolute atomic E-state index is 0.0743. The van der Waals surface area contributed by atoms with Crippen molar-refractivity contribution in [3.05, 3.63) is 95.4 Å². The third-order valence-corrected chi connectivity index (χ3v) is 6.30. The summed E-state index contributed by atoms with van der Waals surface area (Å²) in [6.45, 7) is 1.85. The number of nitrogens with one attached hydrogen (secondary N) is 1. The third kappa shape index (κ3) is 6.43. The molecule has 39 heavy (non-hydrogen) atoms. The number of ether oxygens (including phenoxy) is 3. The lowest BCUT2D eigenvalue weighted by Gasteiger charge is -2.18. The van der Waals surface area contributed by atoms with Crippen LogP contribution in [-0.2, 0) is 20.7 Å². The number of hydrogen-bond donors (Lipinski definition) is 1. The molecular weight excluding hydrogens is 501 g/mol. The molecule has 1 N–H and O–H groups in total. The number of halogens is 1. The second kappa shape index (κ2) is 12.3. The molecule has 0 radical (unpaired) electrons. The molecule has 4 rings (SSSR count). The normalized spacial score (nSPS) is 11.5. The Hall–Kier alpha value is -4.66. The van der Waals surface area contributed by atoms with Crippen LogP contribution in [0.3, 0.4) is 0 Å². The summed E-state index contributed by atoms with van der Waals surface area (Å²) in [6, 6.07) is 19.7. The van der Waals surface area contributed by atoms with Gasteiger partial charge in [0.1, 0.15) is 17.3 Å². The Morgan fingerprint density at radius 3 is 2.38 bits per heavy atom. The SMILES string of the molecule is COC(=O)C(NC(=O)CCc1cc(-c2cccc(F)c2)n(-c2ccc(OC)cc2)n1)c1ccc(OC)c(C)c1. The molecule has 9 heteroatoms. The molecule has 0 saturated heterocycles. The summed E-state index contributed by atoms with van der Waals surface area (Å²) in [6.07, 6.45) is 0.373. The number of aryl methyl sites for hydroxylation is 2. The first kappa shape index (κ1) is 27.4. The minimum Gasteiger partial charge on any atom is -0.497 e. The maximum Gasteiger partial charge on any atom is 0.333 e. The summed E-state index contributed by atoms with van der Waals surface area (Å²) in [5.41, 5.74) is 4.13. The highest BCUT2D eigenvalue weighted by Gasteiger charge is 2.24. The number of carbonyl (C=O) groups excluding carboxylic acids is 2. The predicted octanol–water partition coefficient (Wildman–Crippen LogP) is 4.97. The molecule has 1 unspecified atom stereocenters. The van der Waals surface area contributed by atoms with Crippen LogP contribution in [0, 0.1) is 12.7 Å². The maximum atomic E-state index is 14.0. The average Bonchev–Trinajstić information content (AvgIpc) is 3.39. The van der Waals surface area contributed by atoms with Crippen LogP contribution in [0.1, 0.15) is 29.3 Å². The fourth-order valence-electron chi connectivity index (χ4n) is 4.28. The van der Waals surface area contributed by atoms with Crippen LogP contribution in [0.2, 0.25) is 0 Å². The van der Waals surface area contributed by atoms with E-state index in [-0.39, 0.29) is 18.1 Å². The van der Waals surface area contributed by atoms with Gasteiger partial charge >= 0.3 is 5.97 Å². The maximum absolute atomic E-state index is 14.0. The van der Waals surface area contributed by atoms with Gasteiger partial charge in [0.05, 0.1) is 38.4 Å². The molecule has 1 amide bonds. The average molecular weight is 532 g/mol. The number of esters is 1. The lowest BCUT2D eigenvalue weighted by molar-refractivity contribution is -0.145. The van der Waals surface area contributed by atoms with E-state index in [2.05, 4.69) is 5.32 Å². The summed E-state index contributed by atoms with van der Waals surface area (Å²) >= 11 is 0. The first-order valence-corrected chi connectivity index (χ1v) is 12.3. The van der Waals surface area contributed by atoms with Gasteiger partial charge in [0, 0.05) is 18.4 Å². The summed E-state index contributed by atoms with van der Waals surface area (Å²) < 4.78 is 31.2. The number of benzene rings is 3. The highest BCUT2D eigenvalue weighted by molar-refractivity contribution is 5.85. The number of aromatic nitrogens is 2. The molecular formula is C30H30FN3O5. The standard InChI is InChI=1S/C30H30FN3O5/c1-19-16-21(8-14-27(19)38-3)29(30(36)39-4)32-28(35)15-9-23-18-26(20-6-5-7-22(31)17-20)34(33-23)24-10-12-25(37-2)13-11-24/h5-8,10-14,16-18,29H,9,15H2,1-4H3,(H,32,35). The van der Waals surface area contributed by atoms with Gasteiger partial charge in [-0.25, -0.2) is 13.9 Å². The molecule has 0 fully saturated rings. The lowest BCUT2D eigenvalue weighted by Crippen LogP contribution is -2.34. The number of methoxy groups -OCH3 is 3. The smallest absolute Gasteiger partial charge is 0.333 e. The van der Waals surface area contributed by atoms with Crippen molar-refractivity contribution in [2.45, 2.75) is 25.8 Å². The van der Waals surface area contributed by atoms with Crippen LogP contribution in [0.4, 0.5) is 4.39 Å². The van der Waals surface area contributed by atoms with Crippen LogP contribution in [0.5, 0.6) is 11.5 Å². The molecule has 202 valence electrons. The zero-order valence-electron chi connectivity index (χ0n) is 22.2. The molecule has 8 nitrogen and oxygen atoms in total. The topological polar surface area (TPSA) is 91.7 Å². The van der Waals surface area contributed by atoms with Crippen molar-refractivity contribution in [1.82, 2.24) is 15.1 Å². The highest BCUT2D eigenvalue weighted by atomic mass is 19.1. The Labute approximate surface area is 226 Å². The van der Waals surface area contributed by atoms with Crippen LogP contribution >= 0.6 is 0 Å². The van der Waals surface area contributed by atoms with E-state index < -0.39 is 12.0 Å². The highest BCUT2D eigenvalue weighted by Crippen LogP contribution is 2.27. The van der Waals surface area contributed by atoms with Gasteiger partial charge in [0.25, 0.3) is 0 Å². The van der Waals surface area contributed by atoms with Crippen LogP contribution in [0.25, 0.3) is 16.9 Å². The molecule has 0 saturated carbocycles. The number of hydrogen-bond acceptors (Lipinski definition) is 6. The van der Waals surface area contributed by atoms with Gasteiger partial charge < -0.3 is 19.5 Å². The monoisotopic (exact) mass is 531 g/mol. The molecule has 1 atom stereocenters. The molecule has 0 bridgehead atoms. The first-order valence-electron chi connectivity index (χ1n) is 12.3. The molecule has 0 spiro atoms. The fourth-order valence-corrected chi connectivity index (χ4v) is 4.28. The van der Waals surface area contributed by atoms with Crippen molar-refractivity contribution in [3.63, 3.8) is 0 Å². The molecule has 4 aromatic rings. The van der Waals surface area contributed by atoms with Crippen molar-refractivity contribution >= 4 is 11.9 Å². The van der Waals surface area contributed by atoms with Crippen molar-refractivity contribution in [3.8, 4) is 28.4 Å². The minimum atomic E-state index is -0.966. The molecule has 1 aromatic heterocycles. The van der Waals surface area contributed by atoms with Gasteiger partial charge in [0.15, 0.2) is 6.04 Å². The number of carbonyl (C=O) groups is 2. The Bertz CT molecular complexity index is 1470. The third-order valence-electron chi connectivity index (χ3n) is 6.30. The van der Waals surface area contributed by atoms with Crippen molar-refractivity contribution in [2.75, 3.05) is 21.3 Å². The van der Waals surface area contributed by atoms with Gasteiger partial charge in [-0.1, -0.05) is 18.2 Å². The Balaban J connectivity index is 1.55. The van der Waals surface area contributed by atoms with E-state index in [4.69, 9.17) is 19.3 Å².